The van der Waals surface area contributed by atoms with Gasteiger partial charge in [0.15, 0.2) is 5.82 Å². The van der Waals surface area contributed by atoms with E-state index in [2.05, 4.69) is 31.4 Å². The molecule has 1 aliphatic carbocycles. The number of ether oxygens (including phenoxy) is 1. The van der Waals surface area contributed by atoms with Gasteiger partial charge in [-0.25, -0.2) is 4.98 Å². The predicted molar refractivity (Wildman–Crippen MR) is 135 cm³/mol. The number of hydrogen-bond donors (Lipinski definition) is 2. The van der Waals surface area contributed by atoms with E-state index >= 15 is 0 Å². The van der Waals surface area contributed by atoms with Crippen LogP contribution in [0.15, 0.2) is 24.3 Å². The molecule has 1 aromatic carbocycles. The SMILES string of the molecule is COc1ccc(-c2nc3sc(N(C)CC(=O)NC4CCCCC4)nn3c2NC(C)(C)C)cc1. The van der Waals surface area contributed by atoms with Crippen LogP contribution in [0.5, 0.6) is 5.75 Å². The Morgan fingerprint density at radius 3 is 2.55 bits per heavy atom. The van der Waals surface area contributed by atoms with Crippen molar-refractivity contribution in [3.8, 4) is 17.0 Å². The molecule has 0 saturated heterocycles. The topological polar surface area (TPSA) is 83.8 Å². The minimum Gasteiger partial charge on any atom is -0.497 e. The Labute approximate surface area is 199 Å². The van der Waals surface area contributed by atoms with Gasteiger partial charge in [0.05, 0.1) is 13.7 Å². The molecule has 0 unspecified atom stereocenters. The molecule has 33 heavy (non-hydrogen) atoms. The molecule has 3 aromatic rings. The minimum absolute atomic E-state index is 0.0456. The molecule has 0 aliphatic heterocycles. The molecule has 2 aromatic heterocycles. The summed E-state index contributed by atoms with van der Waals surface area (Å²) in [7, 11) is 3.56. The minimum atomic E-state index is -0.174. The normalized spacial score (nSPS) is 14.9. The van der Waals surface area contributed by atoms with Gasteiger partial charge < -0.3 is 20.3 Å². The first-order valence-corrected chi connectivity index (χ1v) is 12.4. The summed E-state index contributed by atoms with van der Waals surface area (Å²) in [5.41, 5.74) is 1.66. The molecule has 2 N–H and O–H groups in total. The number of hydrogen-bond acceptors (Lipinski definition) is 7. The van der Waals surface area contributed by atoms with E-state index in [4.69, 9.17) is 14.8 Å². The Morgan fingerprint density at radius 2 is 1.91 bits per heavy atom. The van der Waals surface area contributed by atoms with Crippen molar-refractivity contribution < 1.29 is 9.53 Å². The maximum Gasteiger partial charge on any atom is 0.239 e. The molecule has 0 atom stereocenters. The van der Waals surface area contributed by atoms with Crippen LogP contribution in [0.4, 0.5) is 10.9 Å². The Balaban J connectivity index is 1.57. The van der Waals surface area contributed by atoms with Gasteiger partial charge in [-0.3, -0.25) is 4.79 Å². The van der Waals surface area contributed by atoms with Gasteiger partial charge in [0, 0.05) is 24.2 Å². The van der Waals surface area contributed by atoms with E-state index < -0.39 is 0 Å². The number of methoxy groups -OCH3 is 1. The molecule has 1 amide bonds. The number of fused-ring (bicyclic) bond motifs is 1. The van der Waals surface area contributed by atoms with Crippen LogP contribution < -0.4 is 20.3 Å². The third-order valence-corrected chi connectivity index (χ3v) is 6.75. The number of rotatable bonds is 7. The van der Waals surface area contributed by atoms with E-state index in [-0.39, 0.29) is 18.0 Å². The summed E-state index contributed by atoms with van der Waals surface area (Å²) in [4.78, 5) is 20.1. The summed E-state index contributed by atoms with van der Waals surface area (Å²) in [6.07, 6.45) is 5.83. The van der Waals surface area contributed by atoms with Gasteiger partial charge in [-0.1, -0.05) is 30.6 Å². The lowest BCUT2D eigenvalue weighted by molar-refractivity contribution is -0.120. The Morgan fingerprint density at radius 1 is 1.21 bits per heavy atom. The van der Waals surface area contributed by atoms with Gasteiger partial charge in [-0.2, -0.15) is 4.52 Å². The summed E-state index contributed by atoms with van der Waals surface area (Å²) < 4.78 is 7.14. The third-order valence-electron chi connectivity index (χ3n) is 5.73. The second-order valence-electron chi connectivity index (χ2n) is 9.75. The molecule has 178 valence electrons. The number of benzene rings is 1. The van der Waals surface area contributed by atoms with Crippen LogP contribution in [-0.2, 0) is 4.79 Å². The highest BCUT2D eigenvalue weighted by Crippen LogP contribution is 2.35. The van der Waals surface area contributed by atoms with Crippen LogP contribution in [0.3, 0.4) is 0 Å². The molecule has 0 radical (unpaired) electrons. The number of anilines is 2. The van der Waals surface area contributed by atoms with Crippen molar-refractivity contribution in [1.29, 1.82) is 0 Å². The maximum atomic E-state index is 12.6. The predicted octanol–water partition coefficient (Wildman–Crippen LogP) is 4.56. The number of likely N-dealkylation sites (N-methyl/N-ethyl adjacent to an activating group) is 1. The average molecular weight is 471 g/mol. The van der Waals surface area contributed by atoms with Gasteiger partial charge in [0.25, 0.3) is 0 Å². The fraction of sp³-hybridized carbons (Fsp3) is 0.542. The second kappa shape index (κ2) is 9.59. The molecule has 4 rings (SSSR count). The summed E-state index contributed by atoms with van der Waals surface area (Å²) in [6.45, 7) is 6.61. The number of imidazole rings is 1. The fourth-order valence-electron chi connectivity index (χ4n) is 4.11. The van der Waals surface area contributed by atoms with Crippen molar-refractivity contribution in [3.05, 3.63) is 24.3 Å². The summed E-state index contributed by atoms with van der Waals surface area (Å²) in [5.74, 6) is 1.69. The molecule has 9 heteroatoms. The Bertz CT molecular complexity index is 1090. The van der Waals surface area contributed by atoms with Gasteiger partial charge in [-0.05, 0) is 57.9 Å². The Hall–Kier alpha value is -2.81. The third kappa shape index (κ3) is 5.58. The van der Waals surface area contributed by atoms with Crippen molar-refractivity contribution in [1.82, 2.24) is 19.9 Å². The molecular formula is C24H34N6O2S. The molecule has 1 saturated carbocycles. The zero-order valence-electron chi connectivity index (χ0n) is 20.1. The number of amides is 1. The lowest BCUT2D eigenvalue weighted by Crippen LogP contribution is -2.41. The summed E-state index contributed by atoms with van der Waals surface area (Å²) >= 11 is 1.48. The standard InChI is InChI=1S/C24H34N6O2S/c1-24(2,3)27-21-20(16-11-13-18(32-5)14-12-16)26-22-30(21)28-23(33-22)29(4)15-19(31)25-17-9-7-6-8-10-17/h11-14,17,27H,6-10,15H2,1-5H3,(H,25,31). The zero-order chi connectivity index (χ0) is 23.6. The molecule has 8 nitrogen and oxygen atoms in total. The summed E-state index contributed by atoms with van der Waals surface area (Å²) in [5, 5.41) is 12.3. The molecule has 0 bridgehead atoms. The van der Waals surface area contributed by atoms with E-state index in [1.807, 2.05) is 40.7 Å². The summed E-state index contributed by atoms with van der Waals surface area (Å²) in [6, 6.07) is 8.18. The highest BCUT2D eigenvalue weighted by atomic mass is 32.1. The largest absolute Gasteiger partial charge is 0.497 e. The first kappa shape index (κ1) is 23.4. The van der Waals surface area contributed by atoms with Crippen molar-refractivity contribution in [2.45, 2.75) is 64.5 Å². The van der Waals surface area contributed by atoms with Crippen LogP contribution in [0.2, 0.25) is 0 Å². The van der Waals surface area contributed by atoms with Crippen molar-refractivity contribution >= 4 is 33.2 Å². The van der Waals surface area contributed by atoms with Gasteiger partial charge >= 0.3 is 0 Å². The van der Waals surface area contributed by atoms with Crippen molar-refractivity contribution in [2.24, 2.45) is 0 Å². The van der Waals surface area contributed by atoms with Gasteiger partial charge in [0.2, 0.25) is 16.0 Å². The van der Waals surface area contributed by atoms with Gasteiger partial charge in [0.1, 0.15) is 11.4 Å². The molecule has 0 spiro atoms. The molecule has 1 aliphatic rings. The van der Waals surface area contributed by atoms with Crippen LogP contribution in [0.1, 0.15) is 52.9 Å². The monoisotopic (exact) mass is 470 g/mol. The van der Waals surface area contributed by atoms with Gasteiger partial charge in [-0.15, -0.1) is 5.10 Å². The lowest BCUT2D eigenvalue weighted by atomic mass is 9.95. The number of nitrogens with zero attached hydrogens (tertiary/aromatic N) is 4. The molecule has 1 fully saturated rings. The fourth-order valence-corrected chi connectivity index (χ4v) is 4.98. The number of carbonyl (C=O) groups excluding carboxylic acids is 1. The number of nitrogens with one attached hydrogen (secondary N) is 2. The number of carbonyl (C=O) groups is 1. The highest BCUT2D eigenvalue weighted by Gasteiger charge is 2.24. The van der Waals surface area contributed by atoms with E-state index in [1.54, 1.807) is 7.11 Å². The lowest BCUT2D eigenvalue weighted by Gasteiger charge is -2.24. The molecular weight excluding hydrogens is 436 g/mol. The quantitative estimate of drug-likeness (QED) is 0.527. The van der Waals surface area contributed by atoms with Crippen molar-refractivity contribution in [2.75, 3.05) is 30.9 Å². The van der Waals surface area contributed by atoms with Crippen molar-refractivity contribution in [3.63, 3.8) is 0 Å². The first-order chi connectivity index (χ1) is 15.7. The number of aromatic nitrogens is 3. The first-order valence-electron chi connectivity index (χ1n) is 11.6. The van der Waals surface area contributed by atoms with E-state index in [1.165, 1.54) is 30.6 Å². The van der Waals surface area contributed by atoms with Crippen LogP contribution in [-0.4, -0.2) is 52.8 Å². The zero-order valence-corrected chi connectivity index (χ0v) is 21.0. The van der Waals surface area contributed by atoms with Crippen LogP contribution >= 0.6 is 11.3 Å². The van der Waals surface area contributed by atoms with Crippen LogP contribution in [0, 0.1) is 0 Å². The highest BCUT2D eigenvalue weighted by molar-refractivity contribution is 7.20. The average Bonchev–Trinajstić information content (AvgIpc) is 3.33. The van der Waals surface area contributed by atoms with E-state index in [0.29, 0.717) is 6.04 Å². The van der Waals surface area contributed by atoms with E-state index in [9.17, 15) is 4.79 Å². The Kier molecular flexibility index (Phi) is 6.78. The maximum absolute atomic E-state index is 12.6. The van der Waals surface area contributed by atoms with E-state index in [0.717, 1.165) is 45.8 Å². The smallest absolute Gasteiger partial charge is 0.239 e. The molecule has 2 heterocycles. The van der Waals surface area contributed by atoms with Crippen LogP contribution in [0.25, 0.3) is 16.2 Å². The second-order valence-corrected chi connectivity index (χ2v) is 10.7.